The van der Waals surface area contributed by atoms with E-state index in [4.69, 9.17) is 27.1 Å². The van der Waals surface area contributed by atoms with Crippen LogP contribution in [-0.2, 0) is 69.4 Å². The van der Waals surface area contributed by atoms with Crippen LogP contribution in [0.1, 0.15) is 196 Å². The van der Waals surface area contributed by atoms with Gasteiger partial charge in [-0.05, 0) is 38.5 Å². The van der Waals surface area contributed by atoms with Crippen LogP contribution in [-0.4, -0.2) is 67.5 Å². The Bertz CT molecular complexity index is 885. The van der Waals surface area contributed by atoms with Crippen molar-refractivity contribution in [2.24, 2.45) is 0 Å². The molecule has 19 heteroatoms. The molecule has 1 rings (SSSR count). The molecule has 0 spiro atoms. The topological polar surface area (TPSA) is 203 Å². The first-order chi connectivity index (χ1) is 27.3. The molecule has 3 N–H and O–H groups in total. The molecule has 1 aliphatic rings. The van der Waals surface area contributed by atoms with Crippen LogP contribution in [0.2, 0.25) is 0 Å². The second-order valence-electron chi connectivity index (χ2n) is 13.7. The quantitative estimate of drug-likeness (QED) is 0.0304. The van der Waals surface area contributed by atoms with Gasteiger partial charge in [-0.25, -0.2) is 13.7 Å². The second-order valence-corrected chi connectivity index (χ2v) is 19.8. The van der Waals surface area contributed by atoms with Crippen molar-refractivity contribution in [1.82, 2.24) is 0 Å². The molecule has 0 saturated carbocycles. The third-order valence-corrected chi connectivity index (χ3v) is 12.5. The Hall–Kier alpha value is 0.764. The van der Waals surface area contributed by atoms with Crippen molar-refractivity contribution in [2.45, 2.75) is 196 Å². The van der Waals surface area contributed by atoms with Gasteiger partial charge in [-0.15, -0.1) is 0 Å². The van der Waals surface area contributed by atoms with Crippen molar-refractivity contribution in [3.05, 3.63) is 0 Å². The summed E-state index contributed by atoms with van der Waals surface area (Å²) in [6.45, 7) is 15.4. The van der Waals surface area contributed by atoms with Gasteiger partial charge in [0, 0.05) is 0 Å². The van der Waals surface area contributed by atoms with Crippen LogP contribution in [0.15, 0.2) is 0 Å². The molecule has 3 atom stereocenters. The van der Waals surface area contributed by atoms with Crippen LogP contribution in [0.4, 0.5) is 0 Å². The number of unbranched alkanes of at least 4 members (excludes halogenated alkanes) is 18. The fraction of sp³-hybridized carbons (Fsp3) is 1.00. The molecule has 1 aliphatic heterocycles. The number of hydrogen-bond acceptors (Lipinski definition) is 12. The summed E-state index contributed by atoms with van der Waals surface area (Å²) >= 11 is -2.52. The van der Waals surface area contributed by atoms with E-state index in [1.54, 1.807) is 0 Å². The molecular weight excluding hydrogens is 837 g/mol. The Balaban J connectivity index is -0.000000712. The van der Waals surface area contributed by atoms with Gasteiger partial charge in [0.15, 0.2) is 0 Å². The number of phosphoric ester groups is 3. The Kier molecular flexibility index (Phi) is 50.4. The molecule has 0 aromatic rings. The summed E-state index contributed by atoms with van der Waals surface area (Å²) in [6.07, 6.45) is 25.5. The Labute approximate surface area is 354 Å². The van der Waals surface area contributed by atoms with Gasteiger partial charge in [0.05, 0.1) is 39.6 Å². The van der Waals surface area contributed by atoms with Gasteiger partial charge >= 0.3 is 65.3 Å². The minimum absolute atomic E-state index is 0.292. The Morgan fingerprint density at radius 1 is 0.368 bits per heavy atom. The van der Waals surface area contributed by atoms with E-state index in [1.165, 1.54) is 77.0 Å². The minimum atomic E-state index is -3.78. The first kappa shape index (κ1) is 62.1. The summed E-state index contributed by atoms with van der Waals surface area (Å²) in [4.78, 5) is 27.9. The number of phosphoric acid groups is 3. The second kappa shape index (κ2) is 46.3. The molecule has 15 nitrogen and oxygen atoms in total. The van der Waals surface area contributed by atoms with Crippen LogP contribution >= 0.6 is 23.5 Å². The molecule has 0 aliphatic carbocycles. The Morgan fingerprint density at radius 3 is 0.754 bits per heavy atom. The SMILES string of the molecule is CCCCCCCCOP(=O)(O)OCCCC.CCCCCCCCOP(=O)(O)OCCCC.CCCCCCCCOP(=O)(O)OCCCC.[O]=[Ti]1[O]CC[O]1. The van der Waals surface area contributed by atoms with E-state index < -0.39 is 42.1 Å². The molecule has 0 amide bonds. The molecule has 3 unspecified atom stereocenters. The fourth-order valence-electron chi connectivity index (χ4n) is 4.56. The van der Waals surface area contributed by atoms with Gasteiger partial charge in [-0.3, -0.25) is 27.1 Å². The van der Waals surface area contributed by atoms with E-state index in [0.29, 0.717) is 52.9 Å². The van der Waals surface area contributed by atoms with E-state index in [2.05, 4.69) is 27.4 Å². The predicted octanol–water partition coefficient (Wildman–Crippen LogP) is 12.7. The van der Waals surface area contributed by atoms with E-state index >= 15 is 0 Å². The normalized spacial score (nSPS) is 15.6. The van der Waals surface area contributed by atoms with Gasteiger partial charge in [0.2, 0.25) is 0 Å². The molecule has 346 valence electrons. The summed E-state index contributed by atoms with van der Waals surface area (Å²) in [5, 5.41) is 0. The maximum absolute atomic E-state index is 11.3. The summed E-state index contributed by atoms with van der Waals surface area (Å²) in [5.74, 6) is 0. The molecule has 1 fully saturated rings. The monoisotopic (exact) mass is 922 g/mol. The Morgan fingerprint density at radius 2 is 0.561 bits per heavy atom. The maximum atomic E-state index is 11.3. The van der Waals surface area contributed by atoms with Crippen molar-refractivity contribution in [3.8, 4) is 0 Å². The van der Waals surface area contributed by atoms with Crippen LogP contribution in [0.25, 0.3) is 0 Å². The zero-order valence-corrected chi connectivity index (χ0v) is 41.0. The molecule has 1 heterocycles. The third kappa shape index (κ3) is 54.7. The van der Waals surface area contributed by atoms with Gasteiger partial charge in [0.1, 0.15) is 0 Å². The molecule has 0 aromatic heterocycles. The zero-order valence-electron chi connectivity index (χ0n) is 36.7. The third-order valence-electron chi connectivity index (χ3n) is 8.04. The van der Waals surface area contributed by atoms with Crippen LogP contribution in [0.3, 0.4) is 0 Å². The number of rotatable bonds is 36. The van der Waals surface area contributed by atoms with Crippen molar-refractivity contribution in [1.29, 1.82) is 0 Å². The molecule has 0 bridgehead atoms. The predicted molar refractivity (Wildman–Crippen MR) is 223 cm³/mol. The van der Waals surface area contributed by atoms with Crippen LogP contribution in [0, 0.1) is 0 Å². The van der Waals surface area contributed by atoms with Gasteiger partial charge in [0.25, 0.3) is 0 Å². The first-order valence-electron chi connectivity index (χ1n) is 21.9. The van der Waals surface area contributed by atoms with E-state index in [9.17, 15) is 31.7 Å². The van der Waals surface area contributed by atoms with Crippen molar-refractivity contribution < 1.29 is 84.1 Å². The molecule has 0 radical (unpaired) electrons. The van der Waals surface area contributed by atoms with Crippen molar-refractivity contribution in [2.75, 3.05) is 52.9 Å². The summed E-state index contributed by atoms with van der Waals surface area (Å²) in [7, 11) is -11.4. The summed E-state index contributed by atoms with van der Waals surface area (Å²) in [5.41, 5.74) is 0. The molecule has 1 saturated heterocycles. The fourth-order valence-corrected chi connectivity index (χ4v) is 7.86. The zero-order chi connectivity index (χ0) is 43.4. The average molecular weight is 923 g/mol. The first-order valence-corrected chi connectivity index (χ1v) is 28.3. The van der Waals surface area contributed by atoms with E-state index in [-0.39, 0.29) is 0 Å². The van der Waals surface area contributed by atoms with Gasteiger partial charge in [-0.1, -0.05) is 157 Å². The van der Waals surface area contributed by atoms with Crippen molar-refractivity contribution in [3.63, 3.8) is 0 Å². The average Bonchev–Trinajstić information content (AvgIpc) is 3.65. The van der Waals surface area contributed by atoms with E-state index in [1.807, 2.05) is 20.8 Å². The standard InChI is InChI=1S/3C12H27O4P.C2H4O2.O.Ti/c3*1-3-5-7-8-9-10-12-16-17(13,14)15-11-6-4-2;3-1-2-4;;/h3*3-12H2,1-2H3,(H,13,14);1-2H2;;/q;;;-2;;+2. The summed E-state index contributed by atoms with van der Waals surface area (Å²) in [6, 6.07) is 0. The van der Waals surface area contributed by atoms with Crippen LogP contribution < -0.4 is 0 Å². The number of hydrogen-bond donors (Lipinski definition) is 3. The van der Waals surface area contributed by atoms with Gasteiger partial charge < -0.3 is 14.7 Å². The molecular formula is C38H85O15P3Ti. The summed E-state index contributed by atoms with van der Waals surface area (Å²) < 4.78 is 82.2. The van der Waals surface area contributed by atoms with Crippen molar-refractivity contribution >= 4 is 23.5 Å². The van der Waals surface area contributed by atoms with E-state index in [0.717, 1.165) is 77.0 Å². The van der Waals surface area contributed by atoms with Crippen LogP contribution in [0.5, 0.6) is 0 Å². The molecule has 0 aromatic carbocycles. The van der Waals surface area contributed by atoms with Gasteiger partial charge in [-0.2, -0.15) is 0 Å². The molecule has 57 heavy (non-hydrogen) atoms.